The van der Waals surface area contributed by atoms with Crippen molar-refractivity contribution in [3.8, 4) is 0 Å². The van der Waals surface area contributed by atoms with Gasteiger partial charge in [-0.05, 0) is 64.2 Å². The van der Waals surface area contributed by atoms with E-state index in [9.17, 15) is 14.4 Å². The van der Waals surface area contributed by atoms with Crippen LogP contribution in [-0.4, -0.2) is 37.2 Å². The van der Waals surface area contributed by atoms with E-state index in [1.165, 1.54) is 128 Å². The maximum Gasteiger partial charge on any atom is 0.306 e. The fourth-order valence-corrected chi connectivity index (χ4v) is 7.26. The van der Waals surface area contributed by atoms with Gasteiger partial charge in [0.25, 0.3) is 0 Å². The van der Waals surface area contributed by atoms with Crippen molar-refractivity contribution in [3.63, 3.8) is 0 Å². The van der Waals surface area contributed by atoms with Crippen molar-refractivity contribution >= 4 is 17.9 Å². The molecule has 60 heavy (non-hydrogen) atoms. The second-order valence-corrected chi connectivity index (χ2v) is 17.1. The number of carbonyl (C=O) groups excluding carboxylic acids is 3. The molecule has 0 amide bonds. The number of ether oxygens (including phenoxy) is 3. The Morgan fingerprint density at radius 3 is 1.05 bits per heavy atom. The monoisotopic (exact) mass is 841 g/mol. The third kappa shape index (κ3) is 46.4. The highest BCUT2D eigenvalue weighted by Gasteiger charge is 2.19. The highest BCUT2D eigenvalue weighted by atomic mass is 16.6. The normalized spacial score (nSPS) is 12.4. The molecule has 0 heterocycles. The summed E-state index contributed by atoms with van der Waals surface area (Å²) in [6.45, 7) is 6.49. The van der Waals surface area contributed by atoms with Gasteiger partial charge in [-0.2, -0.15) is 0 Å². The lowest BCUT2D eigenvalue weighted by atomic mass is 10.0. The number of esters is 3. The lowest BCUT2D eigenvalue weighted by molar-refractivity contribution is -0.167. The topological polar surface area (TPSA) is 78.9 Å². The Labute approximate surface area is 371 Å². The molecule has 0 aromatic rings. The Morgan fingerprint density at radius 2 is 0.667 bits per heavy atom. The Bertz CT molecular complexity index is 1060. The number of hydrogen-bond donors (Lipinski definition) is 0. The van der Waals surface area contributed by atoms with Gasteiger partial charge in [-0.3, -0.25) is 14.4 Å². The van der Waals surface area contributed by atoms with E-state index in [-0.39, 0.29) is 31.1 Å². The first kappa shape index (κ1) is 57.4. The molecular weight excluding hydrogens is 745 g/mol. The third-order valence-corrected chi connectivity index (χ3v) is 11.1. The number of unbranched alkanes of at least 4 members (excludes halogenated alkanes) is 29. The summed E-state index contributed by atoms with van der Waals surface area (Å²) in [5.41, 5.74) is 0. The van der Waals surface area contributed by atoms with E-state index in [2.05, 4.69) is 69.4 Å². The molecule has 0 saturated heterocycles. The lowest BCUT2D eigenvalue weighted by Crippen LogP contribution is -2.30. The van der Waals surface area contributed by atoms with Gasteiger partial charge in [0, 0.05) is 19.3 Å². The predicted molar refractivity (Wildman–Crippen MR) is 256 cm³/mol. The predicted octanol–water partition coefficient (Wildman–Crippen LogP) is 16.7. The molecular formula is C54H96O6. The van der Waals surface area contributed by atoms with Gasteiger partial charge in [0.05, 0.1) is 0 Å². The van der Waals surface area contributed by atoms with Crippen LogP contribution in [0.3, 0.4) is 0 Å². The Balaban J connectivity index is 4.39. The second-order valence-electron chi connectivity index (χ2n) is 17.1. The van der Waals surface area contributed by atoms with Gasteiger partial charge < -0.3 is 14.2 Å². The van der Waals surface area contributed by atoms with Gasteiger partial charge in [0.2, 0.25) is 0 Å². The molecule has 0 fully saturated rings. The Hall–Kier alpha value is -2.63. The van der Waals surface area contributed by atoms with Crippen molar-refractivity contribution in [1.29, 1.82) is 0 Å². The summed E-state index contributed by atoms with van der Waals surface area (Å²) in [5.74, 6) is -0.904. The van der Waals surface area contributed by atoms with Crippen LogP contribution in [0.2, 0.25) is 0 Å². The molecule has 0 aliphatic carbocycles. The summed E-state index contributed by atoms with van der Waals surface area (Å²) < 4.78 is 16.8. The molecule has 0 N–H and O–H groups in total. The van der Waals surface area contributed by atoms with Crippen LogP contribution in [0.15, 0.2) is 48.6 Å². The zero-order chi connectivity index (χ0) is 43.7. The van der Waals surface area contributed by atoms with Crippen molar-refractivity contribution in [1.82, 2.24) is 0 Å². The maximum absolute atomic E-state index is 12.8. The van der Waals surface area contributed by atoms with Gasteiger partial charge in [0.1, 0.15) is 13.2 Å². The quantitative estimate of drug-likeness (QED) is 0.0200. The van der Waals surface area contributed by atoms with Gasteiger partial charge in [-0.15, -0.1) is 0 Å². The first-order valence-electron chi connectivity index (χ1n) is 25.7. The van der Waals surface area contributed by atoms with Gasteiger partial charge >= 0.3 is 17.9 Å². The van der Waals surface area contributed by atoms with E-state index in [4.69, 9.17) is 14.2 Å². The first-order chi connectivity index (χ1) is 29.5. The molecule has 6 nitrogen and oxygen atoms in total. The standard InChI is InChI=1S/C54H96O6/c1-4-7-10-13-16-19-22-25-26-27-30-32-35-38-41-44-47-53(56)59-50-51(60-54(57)48-45-42-39-36-33-29-24-21-18-15-12-9-6-3)49-58-52(55)46-43-40-37-34-31-28-23-20-17-14-11-8-5-2/h9,12,15,18,21,24,26-27,51H,4-8,10-11,13-14,16-17,19-20,22-23,25,28-50H2,1-3H3/b12-9+,18-15+,24-21+,27-26+. The Kier molecular flexibility index (Phi) is 46.9. The number of carbonyl (C=O) groups is 3. The molecule has 0 radical (unpaired) electrons. The molecule has 0 rings (SSSR count). The number of rotatable bonds is 46. The summed E-state index contributed by atoms with van der Waals surface area (Å²) in [4.78, 5) is 37.9. The highest BCUT2D eigenvalue weighted by Crippen LogP contribution is 2.15. The van der Waals surface area contributed by atoms with Crippen LogP contribution in [0.1, 0.15) is 258 Å². The van der Waals surface area contributed by atoms with Crippen molar-refractivity contribution in [3.05, 3.63) is 48.6 Å². The van der Waals surface area contributed by atoms with Crippen LogP contribution in [0.25, 0.3) is 0 Å². The van der Waals surface area contributed by atoms with Gasteiger partial charge in [-0.25, -0.2) is 0 Å². The minimum Gasteiger partial charge on any atom is -0.462 e. The van der Waals surface area contributed by atoms with Crippen LogP contribution < -0.4 is 0 Å². The van der Waals surface area contributed by atoms with E-state index >= 15 is 0 Å². The van der Waals surface area contributed by atoms with Crippen LogP contribution >= 0.6 is 0 Å². The van der Waals surface area contributed by atoms with E-state index in [1.54, 1.807) is 0 Å². The van der Waals surface area contributed by atoms with Gasteiger partial charge in [0.15, 0.2) is 6.10 Å². The summed E-state index contributed by atoms with van der Waals surface area (Å²) in [6.07, 6.45) is 58.1. The molecule has 0 bridgehead atoms. The smallest absolute Gasteiger partial charge is 0.306 e. The van der Waals surface area contributed by atoms with Crippen molar-refractivity contribution < 1.29 is 28.6 Å². The summed E-state index contributed by atoms with van der Waals surface area (Å²) in [7, 11) is 0. The molecule has 348 valence electrons. The minimum absolute atomic E-state index is 0.0820. The summed E-state index contributed by atoms with van der Waals surface area (Å²) in [5, 5.41) is 0. The lowest BCUT2D eigenvalue weighted by Gasteiger charge is -2.18. The van der Waals surface area contributed by atoms with E-state index in [1.807, 2.05) is 0 Å². The van der Waals surface area contributed by atoms with Crippen LogP contribution in [0, 0.1) is 0 Å². The fraction of sp³-hybridized carbons (Fsp3) is 0.796. The average Bonchev–Trinajstić information content (AvgIpc) is 3.24. The SMILES string of the molecule is CC/C=C/C=C/C=C/CCCCCCCC(=O)OC(COC(=O)CCCCCCC/C=C/CCCCCCCCC)COC(=O)CCCCCCCCCCCCCCC. The minimum atomic E-state index is -0.783. The number of allylic oxidation sites excluding steroid dienone is 8. The Morgan fingerprint density at radius 1 is 0.350 bits per heavy atom. The molecule has 1 atom stereocenters. The molecule has 0 aliphatic rings. The van der Waals surface area contributed by atoms with Crippen molar-refractivity contribution in [2.45, 2.75) is 264 Å². The third-order valence-electron chi connectivity index (χ3n) is 11.1. The van der Waals surface area contributed by atoms with Crippen molar-refractivity contribution in [2.75, 3.05) is 13.2 Å². The zero-order valence-electron chi connectivity index (χ0n) is 39.7. The van der Waals surface area contributed by atoms with Crippen LogP contribution in [-0.2, 0) is 28.6 Å². The maximum atomic E-state index is 12.8. The first-order valence-corrected chi connectivity index (χ1v) is 25.7. The second kappa shape index (κ2) is 49.0. The molecule has 0 spiro atoms. The summed E-state index contributed by atoms with van der Waals surface area (Å²) in [6, 6.07) is 0. The van der Waals surface area contributed by atoms with Crippen molar-refractivity contribution in [2.24, 2.45) is 0 Å². The molecule has 0 aliphatic heterocycles. The van der Waals surface area contributed by atoms with Gasteiger partial charge in [-0.1, -0.05) is 223 Å². The molecule has 0 aromatic heterocycles. The average molecular weight is 841 g/mol. The zero-order valence-corrected chi connectivity index (χ0v) is 39.7. The van der Waals surface area contributed by atoms with E-state index in [0.29, 0.717) is 19.3 Å². The fourth-order valence-electron chi connectivity index (χ4n) is 7.26. The largest absolute Gasteiger partial charge is 0.462 e. The van der Waals surface area contributed by atoms with E-state index in [0.717, 1.165) is 89.9 Å². The van der Waals surface area contributed by atoms with E-state index < -0.39 is 6.10 Å². The molecule has 1 unspecified atom stereocenters. The molecule has 0 saturated carbocycles. The van der Waals surface area contributed by atoms with Crippen LogP contribution in [0.4, 0.5) is 0 Å². The molecule has 0 aromatic carbocycles. The van der Waals surface area contributed by atoms with Crippen LogP contribution in [0.5, 0.6) is 0 Å². The molecule has 6 heteroatoms. The summed E-state index contributed by atoms with van der Waals surface area (Å²) >= 11 is 0. The highest BCUT2D eigenvalue weighted by molar-refractivity contribution is 5.71. The number of hydrogen-bond acceptors (Lipinski definition) is 6.